The van der Waals surface area contributed by atoms with Gasteiger partial charge < -0.3 is 15.2 Å². The molecule has 1 amide bonds. The SMILES string of the molecule is Cc1cc(C)n(CC(=O)NC2COCC2C(=O)O)n1. The normalized spacial score (nSPS) is 22.4. The van der Waals surface area contributed by atoms with Gasteiger partial charge in [0.15, 0.2) is 0 Å². The van der Waals surface area contributed by atoms with Gasteiger partial charge in [0.25, 0.3) is 0 Å². The van der Waals surface area contributed by atoms with Gasteiger partial charge in [-0.1, -0.05) is 0 Å². The molecule has 104 valence electrons. The Bertz CT molecular complexity index is 497. The van der Waals surface area contributed by atoms with Crippen LogP contribution in [0.15, 0.2) is 6.07 Å². The lowest BCUT2D eigenvalue weighted by molar-refractivity contribution is -0.142. The number of aromatic nitrogens is 2. The van der Waals surface area contributed by atoms with E-state index in [-0.39, 0.29) is 25.7 Å². The predicted octanol–water partition coefficient (Wildman–Crippen LogP) is -0.284. The molecule has 0 bridgehead atoms. The quantitative estimate of drug-likeness (QED) is 0.782. The van der Waals surface area contributed by atoms with Gasteiger partial charge in [0.2, 0.25) is 5.91 Å². The van der Waals surface area contributed by atoms with Crippen LogP contribution < -0.4 is 5.32 Å². The minimum absolute atomic E-state index is 0.0858. The third-order valence-corrected chi connectivity index (χ3v) is 3.14. The zero-order chi connectivity index (χ0) is 14.0. The van der Waals surface area contributed by atoms with Gasteiger partial charge in [0, 0.05) is 5.69 Å². The standard InChI is InChI=1S/C12H17N3O4/c1-7-3-8(2)15(14-7)4-11(16)13-10-6-19-5-9(10)12(17)18/h3,9-10H,4-6H2,1-2H3,(H,13,16)(H,17,18). The number of hydrogen-bond donors (Lipinski definition) is 2. The molecule has 0 radical (unpaired) electrons. The van der Waals surface area contributed by atoms with Gasteiger partial charge in [-0.15, -0.1) is 0 Å². The van der Waals surface area contributed by atoms with Crippen LogP contribution in [0.4, 0.5) is 0 Å². The maximum Gasteiger partial charge on any atom is 0.311 e. The first kappa shape index (κ1) is 13.5. The third kappa shape index (κ3) is 3.11. The number of rotatable bonds is 4. The predicted molar refractivity (Wildman–Crippen MR) is 65.6 cm³/mol. The summed E-state index contributed by atoms with van der Waals surface area (Å²) in [5, 5.41) is 15.9. The molecule has 0 saturated carbocycles. The van der Waals surface area contributed by atoms with E-state index in [4.69, 9.17) is 9.84 Å². The van der Waals surface area contributed by atoms with Crippen molar-refractivity contribution in [2.45, 2.75) is 26.4 Å². The number of carbonyl (C=O) groups is 2. The van der Waals surface area contributed by atoms with Crippen molar-refractivity contribution in [1.29, 1.82) is 0 Å². The molecular formula is C12H17N3O4. The molecule has 2 N–H and O–H groups in total. The van der Waals surface area contributed by atoms with Crippen molar-refractivity contribution in [2.24, 2.45) is 5.92 Å². The van der Waals surface area contributed by atoms with E-state index in [0.29, 0.717) is 0 Å². The van der Waals surface area contributed by atoms with E-state index in [1.807, 2.05) is 19.9 Å². The van der Waals surface area contributed by atoms with Crippen LogP contribution in [0.2, 0.25) is 0 Å². The molecule has 0 aliphatic carbocycles. The Hall–Kier alpha value is -1.89. The van der Waals surface area contributed by atoms with Gasteiger partial charge in [-0.25, -0.2) is 0 Å². The van der Waals surface area contributed by atoms with Crippen molar-refractivity contribution in [3.63, 3.8) is 0 Å². The molecular weight excluding hydrogens is 250 g/mol. The first-order valence-electron chi connectivity index (χ1n) is 6.08. The highest BCUT2D eigenvalue weighted by Crippen LogP contribution is 2.13. The second-order valence-electron chi connectivity index (χ2n) is 4.74. The molecule has 1 aromatic rings. The van der Waals surface area contributed by atoms with Crippen molar-refractivity contribution < 1.29 is 19.4 Å². The molecule has 2 heterocycles. The summed E-state index contributed by atoms with van der Waals surface area (Å²) in [4.78, 5) is 22.8. The Kier molecular flexibility index (Phi) is 3.84. The van der Waals surface area contributed by atoms with Crippen molar-refractivity contribution >= 4 is 11.9 Å². The molecule has 0 spiro atoms. The number of carboxylic acids is 1. The van der Waals surface area contributed by atoms with Gasteiger partial charge in [-0.05, 0) is 19.9 Å². The number of nitrogens with zero attached hydrogens (tertiary/aromatic N) is 2. The van der Waals surface area contributed by atoms with Gasteiger partial charge in [-0.2, -0.15) is 5.10 Å². The average molecular weight is 267 g/mol. The number of nitrogens with one attached hydrogen (secondary N) is 1. The highest BCUT2D eigenvalue weighted by Gasteiger charge is 2.35. The second-order valence-corrected chi connectivity index (χ2v) is 4.74. The van der Waals surface area contributed by atoms with Crippen molar-refractivity contribution in [1.82, 2.24) is 15.1 Å². The number of hydrogen-bond acceptors (Lipinski definition) is 4. The lowest BCUT2D eigenvalue weighted by Crippen LogP contribution is -2.44. The molecule has 2 unspecified atom stereocenters. The number of amides is 1. The monoisotopic (exact) mass is 267 g/mol. The van der Waals surface area contributed by atoms with Crippen LogP contribution in [-0.2, 0) is 20.9 Å². The van der Waals surface area contributed by atoms with Gasteiger partial charge in [-0.3, -0.25) is 14.3 Å². The topological polar surface area (TPSA) is 93.5 Å². The summed E-state index contributed by atoms with van der Waals surface area (Å²) in [5.74, 6) is -1.88. The Morgan fingerprint density at radius 3 is 2.84 bits per heavy atom. The molecule has 7 nitrogen and oxygen atoms in total. The molecule has 1 aliphatic rings. The third-order valence-electron chi connectivity index (χ3n) is 3.14. The number of carbonyl (C=O) groups excluding carboxylic acids is 1. The molecule has 1 aromatic heterocycles. The maximum atomic E-state index is 11.9. The summed E-state index contributed by atoms with van der Waals surface area (Å²) < 4.78 is 6.69. The smallest absolute Gasteiger partial charge is 0.311 e. The average Bonchev–Trinajstić information content (AvgIpc) is 2.86. The summed E-state index contributed by atoms with van der Waals surface area (Å²) in [7, 11) is 0. The van der Waals surface area contributed by atoms with Gasteiger partial charge >= 0.3 is 5.97 Å². The van der Waals surface area contributed by atoms with Crippen LogP contribution in [0, 0.1) is 19.8 Å². The number of aliphatic carboxylic acids is 1. The van der Waals surface area contributed by atoms with Crippen LogP contribution in [0.5, 0.6) is 0 Å². The van der Waals surface area contributed by atoms with Gasteiger partial charge in [0.1, 0.15) is 12.5 Å². The van der Waals surface area contributed by atoms with E-state index < -0.39 is 17.9 Å². The highest BCUT2D eigenvalue weighted by atomic mass is 16.5. The second kappa shape index (κ2) is 5.40. The minimum atomic E-state index is -0.950. The van der Waals surface area contributed by atoms with E-state index in [1.165, 1.54) is 0 Å². The lowest BCUT2D eigenvalue weighted by atomic mass is 10.0. The summed E-state index contributed by atoms with van der Waals surface area (Å²) in [6.45, 7) is 4.18. The summed E-state index contributed by atoms with van der Waals surface area (Å²) in [5.41, 5.74) is 1.74. The van der Waals surface area contributed by atoms with Crippen molar-refractivity contribution in [2.75, 3.05) is 13.2 Å². The zero-order valence-corrected chi connectivity index (χ0v) is 10.9. The van der Waals surface area contributed by atoms with E-state index in [0.717, 1.165) is 11.4 Å². The number of ether oxygens (including phenoxy) is 1. The Morgan fingerprint density at radius 1 is 1.53 bits per heavy atom. The lowest BCUT2D eigenvalue weighted by Gasteiger charge is -2.15. The van der Waals surface area contributed by atoms with Crippen LogP contribution in [0.1, 0.15) is 11.4 Å². The molecule has 7 heteroatoms. The molecule has 0 aromatic carbocycles. The maximum absolute atomic E-state index is 11.9. The Morgan fingerprint density at radius 2 is 2.26 bits per heavy atom. The summed E-state index contributed by atoms with van der Waals surface area (Å²) in [6.07, 6.45) is 0. The van der Waals surface area contributed by atoms with Crippen LogP contribution in [0.3, 0.4) is 0 Å². The molecule has 19 heavy (non-hydrogen) atoms. The number of carboxylic acid groups (broad SMARTS) is 1. The summed E-state index contributed by atoms with van der Waals surface area (Å²) >= 11 is 0. The van der Waals surface area contributed by atoms with Crippen LogP contribution in [-0.4, -0.2) is 46.0 Å². The highest BCUT2D eigenvalue weighted by molar-refractivity contribution is 5.78. The van der Waals surface area contributed by atoms with E-state index in [1.54, 1.807) is 4.68 Å². The summed E-state index contributed by atoms with van der Waals surface area (Å²) in [6, 6.07) is 1.41. The molecule has 1 fully saturated rings. The zero-order valence-electron chi connectivity index (χ0n) is 10.9. The van der Waals surface area contributed by atoms with Crippen molar-refractivity contribution in [3.05, 3.63) is 17.5 Å². The molecule has 2 atom stereocenters. The first-order valence-corrected chi connectivity index (χ1v) is 6.08. The molecule has 2 rings (SSSR count). The van der Waals surface area contributed by atoms with E-state index in [2.05, 4.69) is 10.4 Å². The first-order chi connectivity index (χ1) is 8.97. The van der Waals surface area contributed by atoms with E-state index >= 15 is 0 Å². The fraction of sp³-hybridized carbons (Fsp3) is 0.583. The van der Waals surface area contributed by atoms with E-state index in [9.17, 15) is 9.59 Å². The van der Waals surface area contributed by atoms with Crippen LogP contribution >= 0.6 is 0 Å². The van der Waals surface area contributed by atoms with Gasteiger partial charge in [0.05, 0.1) is 24.9 Å². The fourth-order valence-electron chi connectivity index (χ4n) is 2.16. The Labute approximate surface area is 110 Å². The molecule has 1 aliphatic heterocycles. The molecule has 1 saturated heterocycles. The Balaban J connectivity index is 1.94. The van der Waals surface area contributed by atoms with Crippen molar-refractivity contribution in [3.8, 4) is 0 Å². The largest absolute Gasteiger partial charge is 0.481 e. The fourth-order valence-corrected chi connectivity index (χ4v) is 2.16. The van der Waals surface area contributed by atoms with Crippen LogP contribution in [0.25, 0.3) is 0 Å². The number of aryl methyl sites for hydroxylation is 2. The minimum Gasteiger partial charge on any atom is -0.481 e.